The highest BCUT2D eigenvalue weighted by Gasteiger charge is 2.16. The number of halogens is 2. The smallest absolute Gasteiger partial charge is 0.361 e. The van der Waals surface area contributed by atoms with E-state index in [9.17, 15) is 4.79 Å². The average Bonchev–Trinajstić information content (AvgIpc) is 2.60. The zero-order valence-electron chi connectivity index (χ0n) is 14.3. The number of rotatable bonds is 4. The Balaban J connectivity index is 2.19. The number of benzene rings is 2. The van der Waals surface area contributed by atoms with Crippen molar-refractivity contribution in [2.45, 2.75) is 20.4 Å². The predicted molar refractivity (Wildman–Crippen MR) is 102 cm³/mol. The van der Waals surface area contributed by atoms with Crippen molar-refractivity contribution >= 4 is 40.1 Å². The molecule has 2 aromatic carbocycles. The molecule has 0 radical (unpaired) electrons. The van der Waals surface area contributed by atoms with Gasteiger partial charge in [-0.15, -0.1) is 0 Å². The Morgan fingerprint density at radius 2 is 1.96 bits per heavy atom. The summed E-state index contributed by atoms with van der Waals surface area (Å²) in [6.07, 6.45) is 0. The molecular formula is C19H17Cl2N3O2. The molecule has 0 amide bonds. The Morgan fingerprint density at radius 1 is 1.19 bits per heavy atom. The molecule has 0 aliphatic heterocycles. The van der Waals surface area contributed by atoms with E-state index in [-0.39, 0.29) is 17.7 Å². The topological polar surface area (TPSA) is 68.0 Å². The maximum Gasteiger partial charge on any atom is 0.361 e. The third kappa shape index (κ3) is 3.59. The summed E-state index contributed by atoms with van der Waals surface area (Å²) < 4.78 is 6.73. The van der Waals surface area contributed by atoms with Crippen LogP contribution in [0.2, 0.25) is 10.0 Å². The van der Waals surface area contributed by atoms with Gasteiger partial charge in [0.05, 0.1) is 34.1 Å². The lowest BCUT2D eigenvalue weighted by Gasteiger charge is -2.14. The van der Waals surface area contributed by atoms with Crippen molar-refractivity contribution in [3.05, 3.63) is 68.6 Å². The summed E-state index contributed by atoms with van der Waals surface area (Å²) >= 11 is 12.1. The van der Waals surface area contributed by atoms with Crippen molar-refractivity contribution in [2.24, 2.45) is 0 Å². The first-order valence-electron chi connectivity index (χ1n) is 8.08. The van der Waals surface area contributed by atoms with Crippen LogP contribution in [0, 0.1) is 12.3 Å². The minimum Gasteiger partial charge on any atom is -0.461 e. The molecule has 0 unspecified atom stereocenters. The van der Waals surface area contributed by atoms with Gasteiger partial charge in [-0.05, 0) is 43.7 Å². The molecular weight excluding hydrogens is 373 g/mol. The number of nitrogens with one attached hydrogen (secondary N) is 1. The van der Waals surface area contributed by atoms with Crippen molar-refractivity contribution in [3.63, 3.8) is 0 Å². The first kappa shape index (κ1) is 18.4. The van der Waals surface area contributed by atoms with Crippen molar-refractivity contribution in [1.82, 2.24) is 9.78 Å². The highest BCUT2D eigenvalue weighted by atomic mass is 35.5. The summed E-state index contributed by atoms with van der Waals surface area (Å²) in [4.78, 5) is 12.2. The van der Waals surface area contributed by atoms with Crippen molar-refractivity contribution in [1.29, 1.82) is 5.41 Å². The quantitative estimate of drug-likeness (QED) is 0.674. The zero-order valence-corrected chi connectivity index (χ0v) is 15.9. The molecule has 0 bridgehead atoms. The SMILES string of the molecule is CCOC(=O)c1nn(Cc2ccc(Cl)c(Cl)c2)c2ccc(C)cc2c1=N. The fourth-order valence-corrected chi connectivity index (χ4v) is 3.02. The van der Waals surface area contributed by atoms with Crippen LogP contribution in [0.5, 0.6) is 0 Å². The first-order chi connectivity index (χ1) is 12.4. The lowest BCUT2D eigenvalue weighted by atomic mass is 10.1. The van der Waals surface area contributed by atoms with Gasteiger partial charge in [-0.1, -0.05) is 40.9 Å². The number of ether oxygens (including phenoxy) is 1. The largest absolute Gasteiger partial charge is 0.461 e. The third-order valence-electron chi connectivity index (χ3n) is 3.94. The van der Waals surface area contributed by atoms with Crippen LogP contribution in [0.1, 0.15) is 28.5 Å². The van der Waals surface area contributed by atoms with Crippen LogP contribution in [0.4, 0.5) is 0 Å². The molecule has 1 N–H and O–H groups in total. The van der Waals surface area contributed by atoms with Crippen molar-refractivity contribution in [3.8, 4) is 0 Å². The van der Waals surface area contributed by atoms with Gasteiger partial charge >= 0.3 is 5.97 Å². The summed E-state index contributed by atoms with van der Waals surface area (Å²) in [5.41, 5.74) is 2.61. The maximum atomic E-state index is 12.2. The van der Waals surface area contributed by atoms with E-state index in [4.69, 9.17) is 33.3 Å². The molecule has 0 atom stereocenters. The monoisotopic (exact) mass is 389 g/mol. The number of fused-ring (bicyclic) bond motifs is 1. The number of esters is 1. The molecule has 3 aromatic rings. The van der Waals surface area contributed by atoms with E-state index < -0.39 is 5.97 Å². The second kappa shape index (κ2) is 7.48. The molecule has 0 saturated carbocycles. The Hall–Kier alpha value is -2.37. The number of hydrogen-bond acceptors (Lipinski definition) is 4. The molecule has 0 fully saturated rings. The molecule has 1 aromatic heterocycles. The van der Waals surface area contributed by atoms with Gasteiger partial charge in [-0.3, -0.25) is 10.1 Å². The van der Waals surface area contributed by atoms with Crippen molar-refractivity contribution < 1.29 is 9.53 Å². The highest BCUT2D eigenvalue weighted by Crippen LogP contribution is 2.23. The van der Waals surface area contributed by atoms with Gasteiger partial charge in [0.15, 0.2) is 5.69 Å². The fraction of sp³-hybridized carbons (Fsp3) is 0.211. The van der Waals surface area contributed by atoms with Gasteiger partial charge in [0, 0.05) is 5.39 Å². The van der Waals surface area contributed by atoms with Gasteiger partial charge in [-0.25, -0.2) is 4.79 Å². The lowest BCUT2D eigenvalue weighted by Crippen LogP contribution is -2.25. The molecule has 134 valence electrons. The summed E-state index contributed by atoms with van der Waals surface area (Å²) in [7, 11) is 0. The van der Waals surface area contributed by atoms with E-state index in [1.807, 2.05) is 31.2 Å². The minimum atomic E-state index is -0.608. The van der Waals surface area contributed by atoms with Crippen LogP contribution >= 0.6 is 23.2 Å². The number of nitrogens with zero attached hydrogens (tertiary/aromatic N) is 2. The summed E-state index contributed by atoms with van der Waals surface area (Å²) in [6.45, 7) is 4.25. The van der Waals surface area contributed by atoms with E-state index in [2.05, 4.69) is 5.10 Å². The Kier molecular flexibility index (Phi) is 5.30. The standard InChI is InChI=1S/C19H17Cl2N3O2/c1-3-26-19(25)18-17(22)13-8-11(2)4-7-16(13)24(23-18)10-12-5-6-14(20)15(21)9-12/h4-9,22H,3,10H2,1-2H3. The molecule has 0 aliphatic rings. The van der Waals surface area contributed by atoms with Crippen LogP contribution in [-0.2, 0) is 11.3 Å². The summed E-state index contributed by atoms with van der Waals surface area (Å²) in [6, 6.07) is 11.0. The second-order valence-corrected chi connectivity index (χ2v) is 6.69. The Labute approximate surface area is 160 Å². The zero-order chi connectivity index (χ0) is 18.8. The van der Waals surface area contributed by atoms with E-state index in [1.54, 1.807) is 23.7 Å². The van der Waals surface area contributed by atoms with Gasteiger partial charge < -0.3 is 4.74 Å². The molecule has 1 heterocycles. The molecule has 5 nitrogen and oxygen atoms in total. The molecule has 26 heavy (non-hydrogen) atoms. The Bertz CT molecular complexity index is 1060. The van der Waals surface area contributed by atoms with Gasteiger partial charge in [0.2, 0.25) is 0 Å². The summed E-state index contributed by atoms with van der Waals surface area (Å²) in [5.74, 6) is -0.608. The number of carbonyl (C=O) groups is 1. The number of hydrogen-bond donors (Lipinski definition) is 1. The van der Waals surface area contributed by atoms with Crippen LogP contribution in [0.15, 0.2) is 36.4 Å². The molecule has 0 aliphatic carbocycles. The molecule has 7 heteroatoms. The maximum absolute atomic E-state index is 12.2. The van der Waals surface area contributed by atoms with Crippen LogP contribution < -0.4 is 5.36 Å². The van der Waals surface area contributed by atoms with Crippen LogP contribution in [0.25, 0.3) is 10.9 Å². The molecule has 0 saturated heterocycles. The second-order valence-electron chi connectivity index (χ2n) is 5.87. The van der Waals surface area contributed by atoms with Crippen LogP contribution in [-0.4, -0.2) is 22.4 Å². The fourth-order valence-electron chi connectivity index (χ4n) is 2.70. The number of aryl methyl sites for hydroxylation is 1. The van der Waals surface area contributed by atoms with Crippen LogP contribution in [0.3, 0.4) is 0 Å². The lowest BCUT2D eigenvalue weighted by molar-refractivity contribution is 0.0514. The normalized spacial score (nSPS) is 10.9. The highest BCUT2D eigenvalue weighted by molar-refractivity contribution is 6.42. The molecule has 3 rings (SSSR count). The van der Waals surface area contributed by atoms with E-state index in [0.717, 1.165) is 16.6 Å². The summed E-state index contributed by atoms with van der Waals surface area (Å²) in [5, 5.41) is 14.4. The van der Waals surface area contributed by atoms with Crippen molar-refractivity contribution in [2.75, 3.05) is 6.61 Å². The number of aromatic nitrogens is 2. The van der Waals surface area contributed by atoms with E-state index in [0.29, 0.717) is 22.0 Å². The van der Waals surface area contributed by atoms with Gasteiger partial charge in [0.25, 0.3) is 0 Å². The third-order valence-corrected chi connectivity index (χ3v) is 4.68. The molecule has 0 spiro atoms. The average molecular weight is 390 g/mol. The Morgan fingerprint density at radius 3 is 2.65 bits per heavy atom. The number of carbonyl (C=O) groups excluding carboxylic acids is 1. The van der Waals surface area contributed by atoms with E-state index in [1.165, 1.54) is 0 Å². The first-order valence-corrected chi connectivity index (χ1v) is 8.83. The van der Waals surface area contributed by atoms with Gasteiger partial charge in [-0.2, -0.15) is 5.10 Å². The minimum absolute atomic E-state index is 0.00925. The van der Waals surface area contributed by atoms with E-state index >= 15 is 0 Å². The predicted octanol–water partition coefficient (Wildman–Crippen LogP) is 4.36. The van der Waals surface area contributed by atoms with Gasteiger partial charge in [0.1, 0.15) is 0 Å².